The number of benzene rings is 2. The van der Waals surface area contributed by atoms with Crippen LogP contribution in [-0.2, 0) is 22.7 Å². The van der Waals surface area contributed by atoms with Crippen LogP contribution in [0.1, 0.15) is 54.0 Å². The van der Waals surface area contributed by atoms with Gasteiger partial charge in [0.1, 0.15) is 13.2 Å². The van der Waals surface area contributed by atoms with Crippen LogP contribution < -0.4 is 11.5 Å². The minimum atomic E-state index is -0.737. The lowest BCUT2D eigenvalue weighted by Gasteiger charge is -2.14. The van der Waals surface area contributed by atoms with Crippen LogP contribution in [0, 0.1) is 13.8 Å². The highest BCUT2D eigenvalue weighted by molar-refractivity contribution is 5.64. The van der Waals surface area contributed by atoms with Crippen LogP contribution in [0.15, 0.2) is 42.5 Å². The molecule has 28 heavy (non-hydrogen) atoms. The zero-order valence-corrected chi connectivity index (χ0v) is 17.0. The average molecular weight is 386 g/mol. The number of primary amides is 2. The minimum Gasteiger partial charge on any atom is -0.445 e. The second-order valence-corrected chi connectivity index (χ2v) is 6.72. The van der Waals surface area contributed by atoms with E-state index in [9.17, 15) is 9.59 Å². The van der Waals surface area contributed by atoms with Crippen molar-refractivity contribution < 1.29 is 19.1 Å². The number of hydrogen-bond acceptors (Lipinski definition) is 4. The summed E-state index contributed by atoms with van der Waals surface area (Å²) in [5.74, 6) is 0.470. The van der Waals surface area contributed by atoms with E-state index in [4.69, 9.17) is 16.2 Å². The monoisotopic (exact) mass is 386 g/mol. The van der Waals surface area contributed by atoms with Gasteiger partial charge < -0.3 is 20.9 Å². The van der Waals surface area contributed by atoms with Crippen molar-refractivity contribution in [2.75, 3.05) is 0 Å². The largest absolute Gasteiger partial charge is 0.445 e. The van der Waals surface area contributed by atoms with Crippen molar-refractivity contribution in [3.63, 3.8) is 0 Å². The lowest BCUT2D eigenvalue weighted by atomic mass is 9.94. The zero-order valence-electron chi connectivity index (χ0n) is 17.0. The molecule has 0 aliphatic rings. The Morgan fingerprint density at radius 2 is 1.46 bits per heavy atom. The lowest BCUT2D eigenvalue weighted by Crippen LogP contribution is -2.13. The second kappa shape index (κ2) is 11.6. The fourth-order valence-electron chi connectivity index (χ4n) is 2.82. The van der Waals surface area contributed by atoms with Gasteiger partial charge in [-0.05, 0) is 42.9 Å². The Kier molecular flexibility index (Phi) is 9.57. The molecule has 0 fully saturated rings. The number of ether oxygens (including phenoxy) is 2. The molecule has 0 bridgehead atoms. The summed E-state index contributed by atoms with van der Waals surface area (Å²) >= 11 is 0. The zero-order chi connectivity index (χ0) is 21.1. The van der Waals surface area contributed by atoms with Crippen molar-refractivity contribution in [3.05, 3.63) is 70.3 Å². The van der Waals surface area contributed by atoms with Gasteiger partial charge in [0, 0.05) is 0 Å². The van der Waals surface area contributed by atoms with Crippen molar-refractivity contribution in [1.29, 1.82) is 0 Å². The third-order valence-electron chi connectivity index (χ3n) is 4.23. The van der Waals surface area contributed by atoms with E-state index in [1.165, 1.54) is 5.56 Å². The summed E-state index contributed by atoms with van der Waals surface area (Å²) in [7, 11) is 0. The number of hydrogen-bond donors (Lipinski definition) is 2. The molecule has 4 N–H and O–H groups in total. The third kappa shape index (κ3) is 8.58. The summed E-state index contributed by atoms with van der Waals surface area (Å²) < 4.78 is 9.48. The molecule has 6 heteroatoms. The molecule has 0 radical (unpaired) electrons. The van der Waals surface area contributed by atoms with Crippen molar-refractivity contribution in [1.82, 2.24) is 0 Å². The smallest absolute Gasteiger partial charge is 0.404 e. The van der Waals surface area contributed by atoms with Crippen LogP contribution in [0.4, 0.5) is 9.59 Å². The van der Waals surface area contributed by atoms with Gasteiger partial charge in [-0.1, -0.05) is 67.4 Å². The molecular weight excluding hydrogens is 356 g/mol. The molecule has 2 amide bonds. The SMILES string of the molecule is CCC(C)c1ccccc1COC(N)=O.Cc1cc(C)cc(COC(N)=O)c1. The Balaban J connectivity index is 0.000000283. The summed E-state index contributed by atoms with van der Waals surface area (Å²) in [6.45, 7) is 8.80. The summed E-state index contributed by atoms with van der Waals surface area (Å²) in [5, 5.41) is 0. The van der Waals surface area contributed by atoms with Crippen LogP contribution in [0.5, 0.6) is 0 Å². The molecule has 0 saturated carbocycles. The van der Waals surface area contributed by atoms with Gasteiger partial charge in [0.2, 0.25) is 0 Å². The first-order valence-electron chi connectivity index (χ1n) is 9.22. The molecule has 2 rings (SSSR count). The first kappa shape index (κ1) is 23.0. The predicted octanol–water partition coefficient (Wildman–Crippen LogP) is 4.69. The number of nitrogens with two attached hydrogens (primary N) is 2. The van der Waals surface area contributed by atoms with Crippen LogP contribution in [-0.4, -0.2) is 12.2 Å². The standard InChI is InChI=1S/C12H17NO2.C10H13NO2/c1-3-9(2)11-7-5-4-6-10(11)8-15-12(13)14;1-7-3-8(2)5-9(4-7)6-13-10(11)12/h4-7,9H,3,8H2,1-2H3,(H2,13,14);3-5H,6H2,1-2H3,(H2,11,12). The summed E-state index contributed by atoms with van der Waals surface area (Å²) in [6, 6.07) is 14.0. The Bertz CT molecular complexity index is 770. The van der Waals surface area contributed by atoms with Gasteiger partial charge in [-0.2, -0.15) is 0 Å². The Morgan fingerprint density at radius 3 is 2.00 bits per heavy atom. The molecule has 1 atom stereocenters. The molecule has 0 aliphatic heterocycles. The molecule has 0 aromatic heterocycles. The summed E-state index contributed by atoms with van der Waals surface area (Å²) in [6.07, 6.45) is -0.402. The van der Waals surface area contributed by atoms with E-state index in [0.717, 1.165) is 28.7 Å². The molecule has 1 unspecified atom stereocenters. The fraction of sp³-hybridized carbons (Fsp3) is 0.364. The predicted molar refractivity (Wildman–Crippen MR) is 110 cm³/mol. The molecule has 0 saturated heterocycles. The first-order chi connectivity index (χ1) is 13.2. The quantitative estimate of drug-likeness (QED) is 0.751. The van der Waals surface area contributed by atoms with Gasteiger partial charge in [-0.25, -0.2) is 9.59 Å². The molecule has 2 aromatic rings. The van der Waals surface area contributed by atoms with E-state index in [1.54, 1.807) is 0 Å². The van der Waals surface area contributed by atoms with E-state index in [-0.39, 0.29) is 13.2 Å². The van der Waals surface area contributed by atoms with E-state index >= 15 is 0 Å². The van der Waals surface area contributed by atoms with E-state index < -0.39 is 12.2 Å². The Hall–Kier alpha value is -3.02. The lowest BCUT2D eigenvalue weighted by molar-refractivity contribution is 0.149. The highest BCUT2D eigenvalue weighted by Crippen LogP contribution is 2.23. The van der Waals surface area contributed by atoms with E-state index in [2.05, 4.69) is 30.7 Å². The second-order valence-electron chi connectivity index (χ2n) is 6.72. The van der Waals surface area contributed by atoms with Gasteiger partial charge in [-0.15, -0.1) is 0 Å². The highest BCUT2D eigenvalue weighted by atomic mass is 16.5. The maximum absolute atomic E-state index is 10.5. The van der Waals surface area contributed by atoms with Crippen molar-refractivity contribution in [3.8, 4) is 0 Å². The maximum Gasteiger partial charge on any atom is 0.404 e. The van der Waals surface area contributed by atoms with Gasteiger partial charge in [0.25, 0.3) is 0 Å². The highest BCUT2D eigenvalue weighted by Gasteiger charge is 2.09. The summed E-state index contributed by atoms with van der Waals surface area (Å²) in [4.78, 5) is 20.9. The Labute approximate surface area is 166 Å². The van der Waals surface area contributed by atoms with Gasteiger partial charge in [0.05, 0.1) is 0 Å². The number of amides is 2. The van der Waals surface area contributed by atoms with Crippen molar-refractivity contribution in [2.45, 2.75) is 53.2 Å². The molecule has 0 spiro atoms. The molecule has 0 aliphatic carbocycles. The average Bonchev–Trinajstić information content (AvgIpc) is 2.64. The number of rotatable bonds is 6. The maximum atomic E-state index is 10.5. The van der Waals surface area contributed by atoms with Gasteiger partial charge in [-0.3, -0.25) is 0 Å². The molecular formula is C22H30N2O4. The molecule has 2 aromatic carbocycles. The van der Waals surface area contributed by atoms with Crippen molar-refractivity contribution >= 4 is 12.2 Å². The Morgan fingerprint density at radius 1 is 0.929 bits per heavy atom. The van der Waals surface area contributed by atoms with Crippen LogP contribution in [0.2, 0.25) is 0 Å². The number of carbonyl (C=O) groups is 2. The van der Waals surface area contributed by atoms with Crippen LogP contribution in [0.3, 0.4) is 0 Å². The van der Waals surface area contributed by atoms with E-state index in [1.807, 2.05) is 44.2 Å². The fourth-order valence-corrected chi connectivity index (χ4v) is 2.82. The van der Waals surface area contributed by atoms with Crippen LogP contribution >= 0.6 is 0 Å². The summed E-state index contributed by atoms with van der Waals surface area (Å²) in [5.41, 5.74) is 15.3. The third-order valence-corrected chi connectivity index (χ3v) is 4.23. The topological polar surface area (TPSA) is 105 Å². The minimum absolute atomic E-state index is 0.248. The number of carbonyl (C=O) groups excluding carboxylic acids is 2. The van der Waals surface area contributed by atoms with E-state index in [0.29, 0.717) is 5.92 Å². The first-order valence-corrected chi connectivity index (χ1v) is 9.22. The number of aryl methyl sites for hydroxylation is 2. The normalized spacial score (nSPS) is 11.0. The van der Waals surface area contributed by atoms with Crippen molar-refractivity contribution in [2.24, 2.45) is 11.5 Å². The van der Waals surface area contributed by atoms with Crippen LogP contribution in [0.25, 0.3) is 0 Å². The molecule has 0 heterocycles. The molecule has 6 nitrogen and oxygen atoms in total. The molecule has 152 valence electrons. The van der Waals surface area contributed by atoms with Gasteiger partial charge in [0.15, 0.2) is 0 Å². The van der Waals surface area contributed by atoms with Gasteiger partial charge >= 0.3 is 12.2 Å².